The Hall–Kier alpha value is -2.08. The minimum absolute atomic E-state index is 0.118. The third kappa shape index (κ3) is 2.91. The Balaban J connectivity index is 2.33. The number of aromatic nitrogens is 1. The minimum atomic E-state index is -0.394. The average Bonchev–Trinajstić information content (AvgIpc) is 2.79. The Morgan fingerprint density at radius 3 is 2.75 bits per heavy atom. The fourth-order valence-electron chi connectivity index (χ4n) is 1.83. The quantitative estimate of drug-likeness (QED) is 0.810. The molecular weight excluding hydrogens is 274 g/mol. The smallest absolute Gasteiger partial charge is 0.273 e. The van der Waals surface area contributed by atoms with Crippen molar-refractivity contribution in [2.24, 2.45) is 0 Å². The second-order valence-corrected chi connectivity index (χ2v) is 5.54. The van der Waals surface area contributed by atoms with Crippen molar-refractivity contribution in [3.63, 3.8) is 0 Å². The highest BCUT2D eigenvalue weighted by molar-refractivity contribution is 7.10. The molecule has 1 amide bonds. The maximum Gasteiger partial charge on any atom is 0.273 e. The van der Waals surface area contributed by atoms with Crippen molar-refractivity contribution in [1.82, 2.24) is 9.69 Å². The highest BCUT2D eigenvalue weighted by Gasteiger charge is 2.17. The molecule has 5 nitrogen and oxygen atoms in total. The van der Waals surface area contributed by atoms with Gasteiger partial charge in [-0.1, -0.05) is 26.0 Å². The van der Waals surface area contributed by atoms with E-state index in [9.17, 15) is 9.59 Å². The Bertz CT molecular complexity index is 673. The van der Waals surface area contributed by atoms with Crippen molar-refractivity contribution >= 4 is 28.1 Å². The molecule has 3 N–H and O–H groups in total. The lowest BCUT2D eigenvalue weighted by Crippen LogP contribution is -2.24. The molecule has 0 aliphatic carbocycles. The molecule has 0 saturated heterocycles. The fourth-order valence-corrected chi connectivity index (χ4v) is 2.58. The van der Waals surface area contributed by atoms with Gasteiger partial charge in [-0.05, 0) is 35.1 Å². The molecule has 1 aromatic carbocycles. The van der Waals surface area contributed by atoms with Crippen molar-refractivity contribution in [3.05, 3.63) is 45.7 Å². The van der Waals surface area contributed by atoms with Crippen LogP contribution in [0.2, 0.25) is 0 Å². The van der Waals surface area contributed by atoms with Gasteiger partial charge in [0.25, 0.3) is 11.5 Å². The molecule has 0 spiro atoms. The van der Waals surface area contributed by atoms with Gasteiger partial charge in [0.1, 0.15) is 10.6 Å². The maximum atomic E-state index is 11.7. The van der Waals surface area contributed by atoms with E-state index >= 15 is 0 Å². The van der Waals surface area contributed by atoms with Gasteiger partial charge in [0.15, 0.2) is 0 Å². The normalized spacial score (nSPS) is 10.6. The molecular formula is C14H17N3O2S. The van der Waals surface area contributed by atoms with E-state index < -0.39 is 5.91 Å². The third-order valence-electron chi connectivity index (χ3n) is 2.97. The number of hydrogen-bond acceptors (Lipinski definition) is 4. The molecule has 2 rings (SSSR count). The van der Waals surface area contributed by atoms with Gasteiger partial charge in [0.2, 0.25) is 0 Å². The number of hydrogen-bond donors (Lipinski definition) is 3. The molecule has 0 aliphatic rings. The summed E-state index contributed by atoms with van der Waals surface area (Å²) >= 11 is 1.12. The molecule has 6 heteroatoms. The van der Waals surface area contributed by atoms with E-state index in [1.807, 2.05) is 18.2 Å². The lowest BCUT2D eigenvalue weighted by atomic mass is 10.0. The molecule has 1 heterocycles. The van der Waals surface area contributed by atoms with Gasteiger partial charge in [0, 0.05) is 12.7 Å². The molecule has 106 valence electrons. The van der Waals surface area contributed by atoms with Crippen molar-refractivity contribution in [3.8, 4) is 0 Å². The van der Waals surface area contributed by atoms with Gasteiger partial charge in [-0.25, -0.2) is 0 Å². The molecule has 2 aromatic rings. The summed E-state index contributed by atoms with van der Waals surface area (Å²) in [7, 11) is 1.50. The number of carbonyl (C=O) groups is 1. The standard InChI is InChI=1S/C14H17N3O2S/c1-8(2)9-5-4-6-10(7-9)16-14-11(12(18)15-3)13(19)17-20-14/h4-8,16H,1-3H3,(H,15,18)(H,17,19). The number of H-pyrrole nitrogens is 1. The van der Waals surface area contributed by atoms with Gasteiger partial charge in [-0.15, -0.1) is 0 Å². The SMILES string of the molecule is CNC(=O)c1c(Nc2cccc(C(C)C)c2)s[nH]c1=O. The molecule has 0 saturated carbocycles. The zero-order chi connectivity index (χ0) is 14.7. The van der Waals surface area contributed by atoms with Crippen LogP contribution in [-0.4, -0.2) is 17.3 Å². The summed E-state index contributed by atoms with van der Waals surface area (Å²) in [5.41, 5.74) is 1.79. The monoisotopic (exact) mass is 291 g/mol. The fraction of sp³-hybridized carbons (Fsp3) is 0.286. The largest absolute Gasteiger partial charge is 0.355 e. The highest BCUT2D eigenvalue weighted by atomic mass is 32.1. The Morgan fingerprint density at radius 2 is 2.10 bits per heavy atom. The summed E-state index contributed by atoms with van der Waals surface area (Å²) in [4.78, 5) is 23.4. The van der Waals surface area contributed by atoms with E-state index in [0.717, 1.165) is 17.2 Å². The summed E-state index contributed by atoms with van der Waals surface area (Å²) in [6.45, 7) is 4.23. The first-order valence-electron chi connectivity index (χ1n) is 6.33. The van der Waals surface area contributed by atoms with Crippen LogP contribution in [0.1, 0.15) is 35.7 Å². The predicted molar refractivity (Wildman–Crippen MR) is 82.1 cm³/mol. The first-order valence-corrected chi connectivity index (χ1v) is 7.15. The Morgan fingerprint density at radius 1 is 1.35 bits per heavy atom. The lowest BCUT2D eigenvalue weighted by Gasteiger charge is -2.09. The molecule has 0 unspecified atom stereocenters. The number of amides is 1. The second-order valence-electron chi connectivity index (χ2n) is 4.72. The van der Waals surface area contributed by atoms with E-state index in [2.05, 4.69) is 34.9 Å². The summed E-state index contributed by atoms with van der Waals surface area (Å²) in [6, 6.07) is 7.92. The number of aromatic amines is 1. The van der Waals surface area contributed by atoms with E-state index in [4.69, 9.17) is 0 Å². The van der Waals surface area contributed by atoms with Crippen LogP contribution in [0, 0.1) is 0 Å². The van der Waals surface area contributed by atoms with Crippen LogP contribution >= 0.6 is 11.5 Å². The first kappa shape index (κ1) is 14.3. The topological polar surface area (TPSA) is 74.0 Å². The maximum absolute atomic E-state index is 11.7. The highest BCUT2D eigenvalue weighted by Crippen LogP contribution is 2.25. The molecule has 1 aromatic heterocycles. The molecule has 0 aliphatic heterocycles. The van der Waals surface area contributed by atoms with Gasteiger partial charge in [-0.2, -0.15) is 0 Å². The summed E-state index contributed by atoms with van der Waals surface area (Å²) in [5.74, 6) is 0.0233. The second kappa shape index (κ2) is 5.92. The van der Waals surface area contributed by atoms with Crippen LogP contribution in [0.15, 0.2) is 29.1 Å². The van der Waals surface area contributed by atoms with Crippen molar-refractivity contribution < 1.29 is 4.79 Å². The Labute approximate surface area is 121 Å². The Kier molecular flexibility index (Phi) is 4.24. The molecule has 0 bridgehead atoms. The average molecular weight is 291 g/mol. The van der Waals surface area contributed by atoms with Crippen LogP contribution in [0.5, 0.6) is 0 Å². The number of nitrogens with one attached hydrogen (secondary N) is 3. The minimum Gasteiger partial charge on any atom is -0.355 e. The number of benzene rings is 1. The number of rotatable bonds is 4. The van der Waals surface area contributed by atoms with E-state index in [1.165, 1.54) is 12.6 Å². The van der Waals surface area contributed by atoms with Crippen LogP contribution in [-0.2, 0) is 0 Å². The van der Waals surface area contributed by atoms with Crippen molar-refractivity contribution in [1.29, 1.82) is 0 Å². The number of carbonyl (C=O) groups excluding carboxylic acids is 1. The van der Waals surface area contributed by atoms with Crippen LogP contribution in [0.3, 0.4) is 0 Å². The van der Waals surface area contributed by atoms with Crippen molar-refractivity contribution in [2.75, 3.05) is 12.4 Å². The van der Waals surface area contributed by atoms with Gasteiger partial charge < -0.3 is 10.6 Å². The predicted octanol–water partition coefficient (Wildman–Crippen LogP) is 2.66. The van der Waals surface area contributed by atoms with Gasteiger partial charge >= 0.3 is 0 Å². The van der Waals surface area contributed by atoms with Crippen LogP contribution in [0.4, 0.5) is 10.7 Å². The summed E-state index contributed by atoms with van der Waals surface area (Å²) < 4.78 is 2.57. The molecule has 0 fully saturated rings. The number of anilines is 2. The summed E-state index contributed by atoms with van der Waals surface area (Å²) in [6.07, 6.45) is 0. The molecule has 0 radical (unpaired) electrons. The van der Waals surface area contributed by atoms with Crippen molar-refractivity contribution in [2.45, 2.75) is 19.8 Å². The molecule has 20 heavy (non-hydrogen) atoms. The van der Waals surface area contributed by atoms with E-state index in [1.54, 1.807) is 0 Å². The van der Waals surface area contributed by atoms with Crippen LogP contribution in [0.25, 0.3) is 0 Å². The van der Waals surface area contributed by atoms with E-state index in [-0.39, 0.29) is 11.1 Å². The van der Waals surface area contributed by atoms with Crippen LogP contribution < -0.4 is 16.2 Å². The lowest BCUT2D eigenvalue weighted by molar-refractivity contribution is 0.0963. The third-order valence-corrected chi connectivity index (χ3v) is 3.76. The zero-order valence-electron chi connectivity index (χ0n) is 11.6. The summed E-state index contributed by atoms with van der Waals surface area (Å²) in [5, 5.41) is 6.13. The van der Waals surface area contributed by atoms with Gasteiger partial charge in [-0.3, -0.25) is 14.0 Å². The molecule has 0 atom stereocenters. The first-order chi connectivity index (χ1) is 9.52. The zero-order valence-corrected chi connectivity index (χ0v) is 12.4. The van der Waals surface area contributed by atoms with Gasteiger partial charge in [0.05, 0.1) is 0 Å². The van der Waals surface area contributed by atoms with E-state index in [0.29, 0.717) is 10.9 Å².